The van der Waals surface area contributed by atoms with E-state index in [-0.39, 0.29) is 0 Å². The van der Waals surface area contributed by atoms with Crippen LogP contribution in [0.25, 0.3) is 0 Å². The molecule has 0 unspecified atom stereocenters. The number of aliphatic imine (C=N–C) groups is 1. The summed E-state index contributed by atoms with van der Waals surface area (Å²) in [5.41, 5.74) is 0. The van der Waals surface area contributed by atoms with Crippen molar-refractivity contribution in [3.63, 3.8) is 0 Å². The SMILES string of the molecule is CCc1cnc(CCNC(=NC)NCC2CCN(CCOC)CC2)s1. The van der Waals surface area contributed by atoms with Crippen molar-refractivity contribution in [3.8, 4) is 0 Å². The van der Waals surface area contributed by atoms with Gasteiger partial charge in [-0.05, 0) is 38.3 Å². The van der Waals surface area contributed by atoms with Gasteiger partial charge in [0.2, 0.25) is 0 Å². The molecule has 0 aromatic carbocycles. The molecule has 6 nitrogen and oxygen atoms in total. The van der Waals surface area contributed by atoms with E-state index in [9.17, 15) is 0 Å². The van der Waals surface area contributed by atoms with E-state index in [1.807, 2.05) is 24.6 Å². The van der Waals surface area contributed by atoms with E-state index in [1.54, 1.807) is 7.11 Å². The van der Waals surface area contributed by atoms with Crippen molar-refractivity contribution in [2.45, 2.75) is 32.6 Å². The van der Waals surface area contributed by atoms with E-state index in [0.29, 0.717) is 0 Å². The normalized spacial score (nSPS) is 17.0. The quantitative estimate of drug-likeness (QED) is 0.514. The van der Waals surface area contributed by atoms with Crippen LogP contribution in [-0.4, -0.2) is 69.3 Å². The molecular formula is C18H33N5OS. The molecule has 142 valence electrons. The molecule has 0 radical (unpaired) electrons. The van der Waals surface area contributed by atoms with Gasteiger partial charge in [0, 0.05) is 51.3 Å². The highest BCUT2D eigenvalue weighted by Gasteiger charge is 2.18. The number of aryl methyl sites for hydroxylation is 1. The number of hydrogen-bond acceptors (Lipinski definition) is 5. The lowest BCUT2D eigenvalue weighted by Gasteiger charge is -2.32. The summed E-state index contributed by atoms with van der Waals surface area (Å²) < 4.78 is 5.16. The molecule has 7 heteroatoms. The first-order valence-corrected chi connectivity index (χ1v) is 10.2. The maximum atomic E-state index is 5.16. The van der Waals surface area contributed by atoms with Crippen LogP contribution in [0.2, 0.25) is 0 Å². The maximum absolute atomic E-state index is 5.16. The highest BCUT2D eigenvalue weighted by molar-refractivity contribution is 7.11. The molecule has 2 rings (SSSR count). The molecule has 2 heterocycles. The minimum absolute atomic E-state index is 0.725. The summed E-state index contributed by atoms with van der Waals surface area (Å²) in [6.45, 7) is 8.26. The van der Waals surface area contributed by atoms with E-state index in [4.69, 9.17) is 4.74 Å². The number of hydrogen-bond donors (Lipinski definition) is 2. The number of rotatable bonds is 9. The molecular weight excluding hydrogens is 334 g/mol. The van der Waals surface area contributed by atoms with Gasteiger partial charge < -0.3 is 20.3 Å². The molecule has 1 fully saturated rings. The molecule has 0 amide bonds. The second-order valence-electron chi connectivity index (χ2n) is 6.48. The number of guanidine groups is 1. The molecule has 0 saturated carbocycles. The summed E-state index contributed by atoms with van der Waals surface area (Å²) in [7, 11) is 3.60. The summed E-state index contributed by atoms with van der Waals surface area (Å²) in [5, 5.41) is 8.08. The summed E-state index contributed by atoms with van der Waals surface area (Å²) in [5.74, 6) is 1.62. The minimum atomic E-state index is 0.725. The Kier molecular flexibility index (Phi) is 9.21. The molecule has 1 aromatic heterocycles. The molecule has 0 atom stereocenters. The van der Waals surface area contributed by atoms with Gasteiger partial charge in [-0.3, -0.25) is 4.99 Å². The molecule has 1 aliphatic heterocycles. The Morgan fingerprint density at radius 1 is 1.40 bits per heavy atom. The molecule has 1 aliphatic rings. The van der Waals surface area contributed by atoms with Crippen molar-refractivity contribution in [1.29, 1.82) is 0 Å². The predicted octanol–water partition coefficient (Wildman–Crippen LogP) is 1.77. The predicted molar refractivity (Wildman–Crippen MR) is 106 cm³/mol. The standard InChI is InChI=1S/C18H33N5OS/c1-4-16-14-21-17(25-16)5-8-20-18(19-2)22-13-15-6-9-23(10-7-15)11-12-24-3/h14-15H,4-13H2,1-3H3,(H2,19,20,22). The Morgan fingerprint density at radius 2 is 2.20 bits per heavy atom. The lowest BCUT2D eigenvalue weighted by molar-refractivity contribution is 0.121. The fourth-order valence-electron chi connectivity index (χ4n) is 3.01. The third-order valence-electron chi connectivity index (χ3n) is 4.68. The van der Waals surface area contributed by atoms with Crippen LogP contribution in [0.15, 0.2) is 11.2 Å². The van der Waals surface area contributed by atoms with Gasteiger partial charge in [-0.1, -0.05) is 6.92 Å². The lowest BCUT2D eigenvalue weighted by atomic mass is 9.97. The zero-order valence-electron chi connectivity index (χ0n) is 15.9. The number of piperidine rings is 1. The van der Waals surface area contributed by atoms with E-state index in [0.717, 1.165) is 51.0 Å². The minimum Gasteiger partial charge on any atom is -0.383 e. The van der Waals surface area contributed by atoms with E-state index >= 15 is 0 Å². The Balaban J connectivity index is 1.60. The second kappa shape index (κ2) is 11.4. The van der Waals surface area contributed by atoms with E-state index < -0.39 is 0 Å². The number of likely N-dealkylation sites (tertiary alicyclic amines) is 1. The summed E-state index contributed by atoms with van der Waals surface area (Å²) >= 11 is 1.81. The van der Waals surface area contributed by atoms with Crippen molar-refractivity contribution in [3.05, 3.63) is 16.1 Å². The van der Waals surface area contributed by atoms with Gasteiger partial charge in [0.25, 0.3) is 0 Å². The van der Waals surface area contributed by atoms with E-state index in [1.165, 1.54) is 35.8 Å². The molecule has 2 N–H and O–H groups in total. The number of nitrogens with one attached hydrogen (secondary N) is 2. The first kappa shape index (κ1) is 20.1. The van der Waals surface area contributed by atoms with Gasteiger partial charge in [0.15, 0.2) is 5.96 Å². The van der Waals surface area contributed by atoms with Gasteiger partial charge >= 0.3 is 0 Å². The number of methoxy groups -OCH3 is 1. The Morgan fingerprint density at radius 3 is 2.84 bits per heavy atom. The van der Waals surface area contributed by atoms with Crippen molar-refractivity contribution in [2.75, 3.05) is 53.5 Å². The highest BCUT2D eigenvalue weighted by Crippen LogP contribution is 2.16. The van der Waals surface area contributed by atoms with Crippen molar-refractivity contribution in [2.24, 2.45) is 10.9 Å². The van der Waals surface area contributed by atoms with Gasteiger partial charge in [0.1, 0.15) is 0 Å². The Hall–Kier alpha value is -1.18. The summed E-state index contributed by atoms with van der Waals surface area (Å²) in [6.07, 6.45) is 6.49. The smallest absolute Gasteiger partial charge is 0.190 e. The number of thiazole rings is 1. The molecule has 0 aliphatic carbocycles. The topological polar surface area (TPSA) is 61.8 Å². The first-order valence-electron chi connectivity index (χ1n) is 9.34. The van der Waals surface area contributed by atoms with Crippen LogP contribution >= 0.6 is 11.3 Å². The van der Waals surface area contributed by atoms with Crippen molar-refractivity contribution < 1.29 is 4.74 Å². The van der Waals surface area contributed by atoms with Gasteiger partial charge in [0.05, 0.1) is 11.6 Å². The number of aromatic nitrogens is 1. The fourth-order valence-corrected chi connectivity index (χ4v) is 3.87. The average Bonchev–Trinajstić information content (AvgIpc) is 3.11. The molecule has 1 aromatic rings. The monoisotopic (exact) mass is 367 g/mol. The molecule has 0 spiro atoms. The van der Waals surface area contributed by atoms with Gasteiger partial charge in [-0.2, -0.15) is 0 Å². The third-order valence-corrected chi connectivity index (χ3v) is 5.88. The van der Waals surface area contributed by atoms with Crippen LogP contribution < -0.4 is 10.6 Å². The second-order valence-corrected chi connectivity index (χ2v) is 7.68. The average molecular weight is 368 g/mol. The largest absolute Gasteiger partial charge is 0.383 e. The summed E-state index contributed by atoms with van der Waals surface area (Å²) in [6, 6.07) is 0. The van der Waals surface area contributed by atoms with Gasteiger partial charge in [-0.25, -0.2) is 4.98 Å². The fraction of sp³-hybridized carbons (Fsp3) is 0.778. The van der Waals surface area contributed by atoms with Crippen LogP contribution in [-0.2, 0) is 17.6 Å². The van der Waals surface area contributed by atoms with Crippen LogP contribution in [0.5, 0.6) is 0 Å². The zero-order chi connectivity index (χ0) is 17.9. The first-order chi connectivity index (χ1) is 12.2. The van der Waals surface area contributed by atoms with Crippen LogP contribution in [0.1, 0.15) is 29.7 Å². The number of nitrogens with zero attached hydrogens (tertiary/aromatic N) is 3. The Labute approximate surface area is 156 Å². The zero-order valence-corrected chi connectivity index (χ0v) is 16.7. The van der Waals surface area contributed by atoms with Crippen LogP contribution in [0, 0.1) is 5.92 Å². The summed E-state index contributed by atoms with van der Waals surface area (Å²) in [4.78, 5) is 12.6. The van der Waals surface area contributed by atoms with E-state index in [2.05, 4.69) is 32.4 Å². The van der Waals surface area contributed by atoms with Gasteiger partial charge in [-0.15, -0.1) is 11.3 Å². The number of ether oxygens (including phenoxy) is 1. The van der Waals surface area contributed by atoms with Crippen LogP contribution in [0.3, 0.4) is 0 Å². The molecule has 1 saturated heterocycles. The van der Waals surface area contributed by atoms with Crippen molar-refractivity contribution in [1.82, 2.24) is 20.5 Å². The van der Waals surface area contributed by atoms with Crippen molar-refractivity contribution >= 4 is 17.3 Å². The van der Waals surface area contributed by atoms with Crippen LogP contribution in [0.4, 0.5) is 0 Å². The lowest BCUT2D eigenvalue weighted by Crippen LogP contribution is -2.43. The third kappa shape index (κ3) is 7.30. The molecule has 25 heavy (non-hydrogen) atoms. The molecule has 0 bridgehead atoms. The Bertz CT molecular complexity index is 511. The highest BCUT2D eigenvalue weighted by atomic mass is 32.1. The maximum Gasteiger partial charge on any atom is 0.190 e.